The Bertz CT molecular complexity index is 1270. The number of fused-ring (bicyclic) bond motifs is 1. The second-order valence-electron chi connectivity index (χ2n) is 8.31. The lowest BCUT2D eigenvalue weighted by Crippen LogP contribution is -2.38. The largest absolute Gasteiger partial charge is 0.478 e. The number of imide groups is 1. The molecule has 2 unspecified atom stereocenters. The van der Waals surface area contributed by atoms with Crippen molar-refractivity contribution in [2.75, 3.05) is 6.54 Å². The normalized spacial score (nSPS) is 16.1. The lowest BCUT2D eigenvalue weighted by atomic mass is 9.91. The number of amides is 3. The fourth-order valence-electron chi connectivity index (χ4n) is 4.13. The summed E-state index contributed by atoms with van der Waals surface area (Å²) in [5.41, 5.74) is 9.96. The van der Waals surface area contributed by atoms with Gasteiger partial charge in [0.2, 0.25) is 0 Å². The number of nitrogens with two attached hydrogens (primary N) is 1. The number of hydrogen-bond donors (Lipinski definition) is 5. The smallest absolute Gasteiger partial charge is 0.328 e. The molecule has 6 N–H and O–H groups in total. The Balaban J connectivity index is 0.000000392. The number of hydrogen-bond acceptors (Lipinski definition) is 5. The van der Waals surface area contributed by atoms with E-state index in [2.05, 4.69) is 16.4 Å². The summed E-state index contributed by atoms with van der Waals surface area (Å²) in [4.78, 5) is 49.0. The van der Waals surface area contributed by atoms with Gasteiger partial charge < -0.3 is 25.8 Å². The van der Waals surface area contributed by atoms with E-state index in [0.717, 1.165) is 28.5 Å². The van der Waals surface area contributed by atoms with Crippen LogP contribution < -0.4 is 11.1 Å². The molecule has 0 saturated carbocycles. The van der Waals surface area contributed by atoms with E-state index in [9.17, 15) is 19.2 Å². The van der Waals surface area contributed by atoms with Crippen LogP contribution in [0.5, 0.6) is 0 Å². The highest BCUT2D eigenvalue weighted by Crippen LogP contribution is 2.31. The number of aromatic nitrogens is 1. The number of carboxylic acid groups (broad SMARTS) is 2. The van der Waals surface area contributed by atoms with Crippen molar-refractivity contribution in [1.82, 2.24) is 15.2 Å². The molecule has 36 heavy (non-hydrogen) atoms. The zero-order chi connectivity index (χ0) is 26.2. The first-order chi connectivity index (χ1) is 17.2. The summed E-state index contributed by atoms with van der Waals surface area (Å²) in [6.07, 6.45) is 3.89. The van der Waals surface area contributed by atoms with E-state index in [4.69, 9.17) is 15.9 Å². The SMILES string of the molecule is CC(c1ccc2[nH]cc(CCN)c2c1)C1C(=O)NC(=O)N1Cc1ccccc1.O=C(O)C=CC(=O)O. The number of aliphatic carboxylic acids is 2. The number of nitrogens with zero attached hydrogens (tertiary/aromatic N) is 1. The van der Waals surface area contributed by atoms with Crippen molar-refractivity contribution in [3.8, 4) is 0 Å². The van der Waals surface area contributed by atoms with Gasteiger partial charge in [-0.05, 0) is 41.8 Å². The molecule has 0 radical (unpaired) electrons. The van der Waals surface area contributed by atoms with Crippen LogP contribution in [0, 0.1) is 0 Å². The van der Waals surface area contributed by atoms with Crippen LogP contribution in [-0.2, 0) is 27.3 Å². The summed E-state index contributed by atoms with van der Waals surface area (Å²) in [5, 5.41) is 19.2. The zero-order valence-electron chi connectivity index (χ0n) is 19.7. The molecule has 3 amide bonds. The predicted molar refractivity (Wildman–Crippen MR) is 133 cm³/mol. The van der Waals surface area contributed by atoms with Crippen LogP contribution in [-0.4, -0.2) is 56.6 Å². The van der Waals surface area contributed by atoms with Gasteiger partial charge in [-0.1, -0.05) is 43.3 Å². The number of carbonyl (C=O) groups is 4. The van der Waals surface area contributed by atoms with Crippen LogP contribution >= 0.6 is 0 Å². The van der Waals surface area contributed by atoms with Crippen molar-refractivity contribution in [3.63, 3.8) is 0 Å². The van der Waals surface area contributed by atoms with Gasteiger partial charge in [-0.25, -0.2) is 14.4 Å². The van der Waals surface area contributed by atoms with E-state index in [1.54, 1.807) is 4.90 Å². The number of carboxylic acids is 2. The second-order valence-corrected chi connectivity index (χ2v) is 8.31. The van der Waals surface area contributed by atoms with Gasteiger partial charge in [0.05, 0.1) is 0 Å². The summed E-state index contributed by atoms with van der Waals surface area (Å²) < 4.78 is 0. The van der Waals surface area contributed by atoms with E-state index in [-0.39, 0.29) is 17.9 Å². The molecule has 1 saturated heterocycles. The quantitative estimate of drug-likeness (QED) is 0.238. The maximum Gasteiger partial charge on any atom is 0.328 e. The fraction of sp³-hybridized carbons (Fsp3) is 0.231. The molecule has 3 aromatic rings. The van der Waals surface area contributed by atoms with Crippen LogP contribution in [0.4, 0.5) is 4.79 Å². The minimum absolute atomic E-state index is 0.139. The van der Waals surface area contributed by atoms with E-state index >= 15 is 0 Å². The van der Waals surface area contributed by atoms with Gasteiger partial charge >= 0.3 is 18.0 Å². The molecule has 1 fully saturated rings. The van der Waals surface area contributed by atoms with Crippen LogP contribution in [0.1, 0.15) is 29.5 Å². The Kier molecular flexibility index (Phi) is 8.58. The molecule has 0 aliphatic carbocycles. The Morgan fingerprint density at radius 1 is 1.08 bits per heavy atom. The molecule has 188 valence electrons. The van der Waals surface area contributed by atoms with Gasteiger partial charge in [0.25, 0.3) is 5.91 Å². The fourth-order valence-corrected chi connectivity index (χ4v) is 4.13. The van der Waals surface area contributed by atoms with Gasteiger partial charge in [-0.3, -0.25) is 10.1 Å². The molecule has 2 aromatic carbocycles. The van der Waals surface area contributed by atoms with Crippen molar-refractivity contribution >= 4 is 34.8 Å². The lowest BCUT2D eigenvalue weighted by Gasteiger charge is -2.27. The minimum Gasteiger partial charge on any atom is -0.478 e. The second kappa shape index (κ2) is 11.8. The third kappa shape index (κ3) is 6.36. The number of carbonyl (C=O) groups excluding carboxylic acids is 2. The average molecular weight is 493 g/mol. The van der Waals surface area contributed by atoms with Crippen LogP contribution in [0.25, 0.3) is 10.9 Å². The van der Waals surface area contributed by atoms with Crippen molar-refractivity contribution in [3.05, 3.63) is 83.6 Å². The van der Waals surface area contributed by atoms with E-state index in [1.807, 2.05) is 55.6 Å². The van der Waals surface area contributed by atoms with Crippen LogP contribution in [0.2, 0.25) is 0 Å². The number of nitrogens with one attached hydrogen (secondary N) is 2. The summed E-state index contributed by atoms with van der Waals surface area (Å²) in [7, 11) is 0. The average Bonchev–Trinajstić information content (AvgIpc) is 3.37. The van der Waals surface area contributed by atoms with Crippen LogP contribution in [0.3, 0.4) is 0 Å². The molecule has 0 bridgehead atoms. The molecule has 10 heteroatoms. The van der Waals surface area contributed by atoms with Gasteiger partial charge in [0, 0.05) is 41.7 Å². The third-order valence-corrected chi connectivity index (χ3v) is 5.86. The molecule has 1 aromatic heterocycles. The highest BCUT2D eigenvalue weighted by molar-refractivity contribution is 6.04. The maximum atomic E-state index is 12.6. The van der Waals surface area contributed by atoms with Crippen molar-refractivity contribution in [1.29, 1.82) is 0 Å². The number of benzene rings is 2. The van der Waals surface area contributed by atoms with E-state index in [1.165, 1.54) is 5.56 Å². The van der Waals surface area contributed by atoms with Crippen molar-refractivity contribution < 1.29 is 29.4 Å². The molecular weight excluding hydrogens is 464 g/mol. The Labute approximate surface area is 207 Å². The molecule has 4 rings (SSSR count). The molecule has 10 nitrogen and oxygen atoms in total. The van der Waals surface area contributed by atoms with E-state index < -0.39 is 18.0 Å². The molecule has 0 spiro atoms. The molecule has 2 atom stereocenters. The molecule has 1 aliphatic rings. The Morgan fingerprint density at radius 3 is 2.36 bits per heavy atom. The Hall–Kier alpha value is -4.44. The first kappa shape index (κ1) is 26.2. The highest BCUT2D eigenvalue weighted by Gasteiger charge is 2.42. The number of aromatic amines is 1. The first-order valence-corrected chi connectivity index (χ1v) is 11.3. The number of H-pyrrole nitrogens is 1. The molecule has 2 heterocycles. The van der Waals surface area contributed by atoms with Gasteiger partial charge in [-0.2, -0.15) is 0 Å². The van der Waals surface area contributed by atoms with Gasteiger partial charge in [0.1, 0.15) is 6.04 Å². The van der Waals surface area contributed by atoms with Gasteiger partial charge in [-0.15, -0.1) is 0 Å². The summed E-state index contributed by atoms with van der Waals surface area (Å²) in [5.74, 6) is -2.90. The van der Waals surface area contributed by atoms with E-state index in [0.29, 0.717) is 25.2 Å². The van der Waals surface area contributed by atoms with Crippen molar-refractivity contribution in [2.24, 2.45) is 5.73 Å². The monoisotopic (exact) mass is 492 g/mol. The van der Waals surface area contributed by atoms with Gasteiger partial charge in [0.15, 0.2) is 0 Å². The highest BCUT2D eigenvalue weighted by atomic mass is 16.4. The topological polar surface area (TPSA) is 166 Å². The van der Waals surface area contributed by atoms with Crippen molar-refractivity contribution in [2.45, 2.75) is 31.8 Å². The lowest BCUT2D eigenvalue weighted by molar-refractivity contribution is -0.134. The standard InChI is InChI=1S/C22H24N4O2.C4H4O4/c1-14(16-7-8-19-18(11-16)17(9-10-23)12-24-19)20-21(27)25-22(28)26(20)13-15-5-3-2-4-6-15;5-3(6)1-2-4(7)8/h2-8,11-12,14,20,24H,9-10,13,23H2,1H3,(H,25,27,28);1-2H,(H,5,6)(H,7,8). The Morgan fingerprint density at radius 2 is 1.75 bits per heavy atom. The zero-order valence-corrected chi connectivity index (χ0v) is 19.7. The summed E-state index contributed by atoms with van der Waals surface area (Å²) in [6, 6.07) is 15.0. The number of rotatable bonds is 8. The van der Waals surface area contributed by atoms with Crippen LogP contribution in [0.15, 0.2) is 66.9 Å². The number of urea groups is 1. The summed E-state index contributed by atoms with van der Waals surface area (Å²) >= 11 is 0. The molecular formula is C26H28N4O6. The first-order valence-electron chi connectivity index (χ1n) is 11.3. The maximum absolute atomic E-state index is 12.6. The molecule has 1 aliphatic heterocycles. The minimum atomic E-state index is -1.26. The summed E-state index contributed by atoms with van der Waals surface area (Å²) in [6.45, 7) is 2.98. The third-order valence-electron chi connectivity index (χ3n) is 5.86. The predicted octanol–water partition coefficient (Wildman–Crippen LogP) is 2.60.